The number of ether oxygens (including phenoxy) is 2. The number of ketones is 1. The van der Waals surface area contributed by atoms with Crippen LogP contribution in [-0.2, 0) is 19.1 Å². The van der Waals surface area contributed by atoms with Crippen molar-refractivity contribution in [2.45, 2.75) is 52.6 Å². The molecule has 1 aliphatic rings. The molecule has 0 spiro atoms. The number of dihydropyridines is 1. The van der Waals surface area contributed by atoms with E-state index in [4.69, 9.17) is 21.1 Å². The molecule has 0 amide bonds. The molecule has 2 rings (SSSR count). The highest BCUT2D eigenvalue weighted by Crippen LogP contribution is 2.41. The number of non-ortho nitro benzene ring substituents is 1. The van der Waals surface area contributed by atoms with E-state index in [1.165, 1.54) is 25.1 Å². The number of nitrogens with zero attached hydrogens (tertiary/aromatic N) is 1. The molecule has 1 N–H and O–H groups in total. The Balaban J connectivity index is 2.74. The number of rotatable bonds is 9. The molecule has 0 bridgehead atoms. The summed E-state index contributed by atoms with van der Waals surface area (Å²) in [5, 5.41) is 14.6. The van der Waals surface area contributed by atoms with Crippen LogP contribution in [0.4, 0.5) is 5.69 Å². The van der Waals surface area contributed by atoms with Crippen molar-refractivity contribution in [2.75, 3.05) is 19.1 Å². The van der Waals surface area contributed by atoms with Gasteiger partial charge in [0.1, 0.15) is 5.60 Å². The Hall–Kier alpha value is -2.71. The molecule has 32 heavy (non-hydrogen) atoms. The summed E-state index contributed by atoms with van der Waals surface area (Å²) >= 11 is 5.71. The molecule has 9 heteroatoms. The average Bonchev–Trinajstić information content (AvgIpc) is 2.71. The summed E-state index contributed by atoms with van der Waals surface area (Å²) in [6, 6.07) is 5.95. The topological polar surface area (TPSA) is 108 Å². The van der Waals surface area contributed by atoms with Gasteiger partial charge in [-0.3, -0.25) is 14.9 Å². The summed E-state index contributed by atoms with van der Waals surface area (Å²) in [6.45, 7) is 8.88. The van der Waals surface area contributed by atoms with Crippen molar-refractivity contribution in [1.29, 1.82) is 0 Å². The Bertz CT molecular complexity index is 961. The minimum absolute atomic E-state index is 0.0815. The van der Waals surface area contributed by atoms with Crippen molar-refractivity contribution in [3.05, 3.63) is 62.5 Å². The number of alkyl halides is 1. The molecule has 1 aliphatic heterocycles. The molecule has 1 unspecified atom stereocenters. The first-order chi connectivity index (χ1) is 15.0. The summed E-state index contributed by atoms with van der Waals surface area (Å²) in [5.41, 5.74) is 1.19. The molecule has 174 valence electrons. The number of halogens is 1. The Morgan fingerprint density at radius 3 is 2.44 bits per heavy atom. The van der Waals surface area contributed by atoms with E-state index in [0.29, 0.717) is 29.0 Å². The third-order valence-corrected chi connectivity index (χ3v) is 4.92. The van der Waals surface area contributed by atoms with E-state index in [0.717, 1.165) is 0 Å². The van der Waals surface area contributed by atoms with Gasteiger partial charge in [-0.1, -0.05) is 19.1 Å². The Kier molecular flexibility index (Phi) is 8.58. The summed E-state index contributed by atoms with van der Waals surface area (Å²) in [7, 11) is 0. The van der Waals surface area contributed by atoms with Crippen LogP contribution in [-0.4, -0.2) is 41.4 Å². The van der Waals surface area contributed by atoms with Crippen molar-refractivity contribution in [3.8, 4) is 0 Å². The number of nitro groups is 1. The third-order valence-electron chi connectivity index (χ3n) is 4.76. The maximum atomic E-state index is 13.3. The zero-order valence-corrected chi connectivity index (χ0v) is 19.7. The quantitative estimate of drug-likeness (QED) is 0.190. The summed E-state index contributed by atoms with van der Waals surface area (Å²) in [6.07, 6.45) is 0.449. The van der Waals surface area contributed by atoms with Gasteiger partial charge in [0.25, 0.3) is 5.69 Å². The first-order valence-electron chi connectivity index (χ1n) is 10.4. The summed E-state index contributed by atoms with van der Waals surface area (Å²) < 4.78 is 11.2. The maximum Gasteiger partial charge on any atom is 0.337 e. The van der Waals surface area contributed by atoms with Crippen molar-refractivity contribution in [1.82, 2.24) is 5.32 Å². The fraction of sp³-hybridized carbons (Fsp3) is 0.478. The molecule has 1 aromatic carbocycles. The molecule has 8 nitrogen and oxygen atoms in total. The van der Waals surface area contributed by atoms with E-state index in [-0.39, 0.29) is 36.1 Å². The zero-order valence-electron chi connectivity index (χ0n) is 19.0. The number of hydrogen-bond donors (Lipinski definition) is 1. The second-order valence-corrected chi connectivity index (χ2v) is 8.73. The lowest BCUT2D eigenvalue weighted by Crippen LogP contribution is -2.36. The van der Waals surface area contributed by atoms with Crippen LogP contribution in [0.25, 0.3) is 0 Å². The van der Waals surface area contributed by atoms with Crippen molar-refractivity contribution >= 4 is 29.0 Å². The van der Waals surface area contributed by atoms with Gasteiger partial charge in [0.15, 0.2) is 5.78 Å². The van der Waals surface area contributed by atoms with Gasteiger partial charge in [0.2, 0.25) is 0 Å². The van der Waals surface area contributed by atoms with Crippen LogP contribution in [0.1, 0.15) is 52.5 Å². The van der Waals surface area contributed by atoms with Gasteiger partial charge < -0.3 is 14.8 Å². The van der Waals surface area contributed by atoms with Gasteiger partial charge >= 0.3 is 5.97 Å². The molecule has 0 saturated heterocycles. The zero-order chi connectivity index (χ0) is 24.1. The predicted molar refractivity (Wildman–Crippen MR) is 121 cm³/mol. The van der Waals surface area contributed by atoms with Gasteiger partial charge in [0, 0.05) is 40.9 Å². The number of nitrogens with one attached hydrogen (secondary N) is 1. The van der Waals surface area contributed by atoms with Gasteiger partial charge in [-0.15, -0.1) is 11.6 Å². The number of hydrogen-bond acceptors (Lipinski definition) is 7. The van der Waals surface area contributed by atoms with E-state index in [9.17, 15) is 19.7 Å². The van der Waals surface area contributed by atoms with Crippen LogP contribution in [0.5, 0.6) is 0 Å². The molecule has 1 aromatic rings. The SMILES string of the molecule is CCC1=C(C(=O)OC(C)(C)C)C(c2cccc([N+](=O)[O-])c2)C(C(C)=O)=C(COCCCl)N1. The lowest BCUT2D eigenvalue weighted by atomic mass is 9.78. The normalized spacial score (nSPS) is 16.6. The van der Waals surface area contributed by atoms with Gasteiger partial charge in [-0.05, 0) is 39.7 Å². The largest absolute Gasteiger partial charge is 0.457 e. The minimum atomic E-state index is -0.840. The van der Waals surface area contributed by atoms with E-state index >= 15 is 0 Å². The fourth-order valence-corrected chi connectivity index (χ4v) is 3.68. The molecule has 0 aromatic heterocycles. The number of carbonyl (C=O) groups is 2. The standard InChI is InChI=1S/C23H29ClN2O6/c1-6-17-21(22(28)32-23(3,4)5)20(15-8-7-9-16(12-15)26(29)30)19(14(2)27)18(25-17)13-31-11-10-24/h7-9,12,20,25H,6,10-11,13H2,1-5H3. The van der Waals surface area contributed by atoms with Crippen LogP contribution in [0, 0.1) is 10.1 Å². The van der Waals surface area contributed by atoms with Crippen molar-refractivity contribution in [2.24, 2.45) is 0 Å². The number of benzene rings is 1. The number of Topliss-reactive ketones (excluding diaryl/α,β-unsaturated/α-hetero) is 1. The molecular weight excluding hydrogens is 436 g/mol. The van der Waals surface area contributed by atoms with Crippen molar-refractivity contribution < 1.29 is 24.0 Å². The van der Waals surface area contributed by atoms with E-state index in [1.54, 1.807) is 26.8 Å². The van der Waals surface area contributed by atoms with Gasteiger partial charge in [-0.2, -0.15) is 0 Å². The maximum absolute atomic E-state index is 13.3. The molecule has 0 aliphatic carbocycles. The molecule has 0 fully saturated rings. The van der Waals surface area contributed by atoms with Crippen LogP contribution < -0.4 is 5.32 Å². The van der Waals surface area contributed by atoms with Gasteiger partial charge in [0.05, 0.1) is 23.7 Å². The smallest absolute Gasteiger partial charge is 0.337 e. The van der Waals surface area contributed by atoms with Crippen LogP contribution in [0.15, 0.2) is 46.8 Å². The minimum Gasteiger partial charge on any atom is -0.457 e. The highest BCUT2D eigenvalue weighted by molar-refractivity contribution is 6.17. The van der Waals surface area contributed by atoms with E-state index in [2.05, 4.69) is 5.32 Å². The molecule has 1 heterocycles. The predicted octanol–water partition coefficient (Wildman–Crippen LogP) is 4.39. The first-order valence-corrected chi connectivity index (χ1v) is 10.9. The third kappa shape index (κ3) is 6.17. The second kappa shape index (κ2) is 10.7. The van der Waals surface area contributed by atoms with Crippen LogP contribution in [0.3, 0.4) is 0 Å². The number of esters is 1. The number of nitro benzene ring substituents is 1. The first kappa shape index (κ1) is 25.5. The molecule has 1 atom stereocenters. The van der Waals surface area contributed by atoms with Crippen molar-refractivity contribution in [3.63, 3.8) is 0 Å². The van der Waals surface area contributed by atoms with Crippen LogP contribution in [0.2, 0.25) is 0 Å². The highest BCUT2D eigenvalue weighted by atomic mass is 35.5. The molecular formula is C23H29ClN2O6. The van der Waals surface area contributed by atoms with Crippen LogP contribution >= 0.6 is 11.6 Å². The Morgan fingerprint density at radius 1 is 1.22 bits per heavy atom. The monoisotopic (exact) mass is 464 g/mol. The van der Waals surface area contributed by atoms with E-state index < -0.39 is 22.4 Å². The lowest BCUT2D eigenvalue weighted by Gasteiger charge is -2.33. The Morgan fingerprint density at radius 2 is 1.91 bits per heavy atom. The average molecular weight is 465 g/mol. The van der Waals surface area contributed by atoms with Gasteiger partial charge in [-0.25, -0.2) is 4.79 Å². The highest BCUT2D eigenvalue weighted by Gasteiger charge is 2.39. The Labute approximate surface area is 192 Å². The fourth-order valence-electron chi connectivity index (χ4n) is 3.57. The molecule has 0 radical (unpaired) electrons. The molecule has 0 saturated carbocycles. The number of carbonyl (C=O) groups excluding carboxylic acids is 2. The second-order valence-electron chi connectivity index (χ2n) is 8.35. The van der Waals surface area contributed by atoms with E-state index in [1.807, 2.05) is 6.92 Å². The summed E-state index contributed by atoms with van der Waals surface area (Å²) in [5.74, 6) is -1.42. The number of allylic oxidation sites excluding steroid dienone is 2. The lowest BCUT2D eigenvalue weighted by molar-refractivity contribution is -0.384. The summed E-state index contributed by atoms with van der Waals surface area (Å²) in [4.78, 5) is 37.0.